The molecule has 0 aromatic heterocycles. The summed E-state index contributed by atoms with van der Waals surface area (Å²) in [6.45, 7) is 8.54. The molecule has 0 spiro atoms. The van der Waals surface area contributed by atoms with Crippen molar-refractivity contribution in [2.75, 3.05) is 13.2 Å². The quantitative estimate of drug-likeness (QED) is 0.0483. The van der Waals surface area contributed by atoms with Crippen LogP contribution >= 0.6 is 69.6 Å². The second-order valence-corrected chi connectivity index (χ2v) is 13.6. The van der Waals surface area contributed by atoms with Crippen molar-refractivity contribution in [1.82, 2.24) is 0 Å². The zero-order valence-corrected chi connectivity index (χ0v) is 31.9. The standard InChI is InChI=1S/C34H40Cl6O8/c1-5-11-19(7-3)13-9-15-45-31(41)25-27(39)21(35)17-23(37)29(25)47-33(43)34(44)48-30-24(38)18-22(36)28(40)26(30)32(42)46-16-10-14-20(8-4)12-6-2/h17-20H,5-16H2,1-4H3. The molecular weight excluding hydrogens is 749 g/mol. The third-order valence-electron chi connectivity index (χ3n) is 7.75. The Bertz CT molecular complexity index is 1340. The average Bonchev–Trinajstić information content (AvgIpc) is 3.05. The Morgan fingerprint density at radius 2 is 0.917 bits per heavy atom. The highest BCUT2D eigenvalue weighted by atomic mass is 35.5. The van der Waals surface area contributed by atoms with Crippen LogP contribution in [0.15, 0.2) is 12.1 Å². The third-order valence-corrected chi connectivity index (χ3v) is 9.88. The van der Waals surface area contributed by atoms with Crippen LogP contribution in [0.1, 0.15) is 113 Å². The number of esters is 4. The highest BCUT2D eigenvalue weighted by Gasteiger charge is 2.32. The molecule has 0 heterocycles. The molecule has 0 bridgehead atoms. The molecular formula is C34H40Cl6O8. The molecule has 0 saturated heterocycles. The van der Waals surface area contributed by atoms with E-state index in [4.69, 9.17) is 88.6 Å². The number of hydrogen-bond acceptors (Lipinski definition) is 8. The molecule has 0 aliphatic rings. The second-order valence-electron chi connectivity index (χ2n) is 11.2. The van der Waals surface area contributed by atoms with Crippen LogP contribution in [-0.4, -0.2) is 37.1 Å². The average molecular weight is 789 g/mol. The Balaban J connectivity index is 2.24. The molecule has 0 amide bonds. The molecule has 0 aliphatic carbocycles. The van der Waals surface area contributed by atoms with Crippen LogP contribution < -0.4 is 9.47 Å². The van der Waals surface area contributed by atoms with Crippen LogP contribution in [0.4, 0.5) is 0 Å². The zero-order chi connectivity index (χ0) is 36.0. The van der Waals surface area contributed by atoms with Gasteiger partial charge in [0.25, 0.3) is 0 Å². The van der Waals surface area contributed by atoms with Crippen molar-refractivity contribution in [3.05, 3.63) is 53.4 Å². The van der Waals surface area contributed by atoms with Gasteiger partial charge in [0.1, 0.15) is 11.1 Å². The van der Waals surface area contributed by atoms with Crippen molar-refractivity contribution in [2.45, 2.75) is 91.9 Å². The lowest BCUT2D eigenvalue weighted by Gasteiger charge is -2.16. The summed E-state index contributed by atoms with van der Waals surface area (Å²) < 4.78 is 21.1. The molecule has 2 rings (SSSR count). The van der Waals surface area contributed by atoms with E-state index in [0.717, 1.165) is 63.5 Å². The fourth-order valence-electron chi connectivity index (χ4n) is 5.13. The SMILES string of the molecule is CCCC(CC)CCCOC(=O)c1c(Cl)c(Cl)cc(Cl)c1OC(=O)C(=O)Oc1c(Cl)cc(Cl)c(Cl)c1C(=O)OCCCC(CC)CCC. The highest BCUT2D eigenvalue weighted by Crippen LogP contribution is 2.42. The first-order valence-corrected chi connectivity index (χ1v) is 18.2. The molecule has 0 saturated carbocycles. The smallest absolute Gasteiger partial charge is 0.423 e. The number of halogens is 6. The molecule has 0 aliphatic heterocycles. The van der Waals surface area contributed by atoms with E-state index in [9.17, 15) is 19.2 Å². The highest BCUT2D eigenvalue weighted by molar-refractivity contribution is 6.47. The molecule has 48 heavy (non-hydrogen) atoms. The van der Waals surface area contributed by atoms with Crippen molar-refractivity contribution in [2.24, 2.45) is 11.8 Å². The molecule has 2 atom stereocenters. The van der Waals surface area contributed by atoms with Gasteiger partial charge in [-0.25, -0.2) is 19.2 Å². The molecule has 0 N–H and O–H groups in total. The zero-order valence-electron chi connectivity index (χ0n) is 27.3. The number of benzene rings is 2. The topological polar surface area (TPSA) is 105 Å². The van der Waals surface area contributed by atoms with Gasteiger partial charge in [-0.15, -0.1) is 0 Å². The van der Waals surface area contributed by atoms with Gasteiger partial charge in [-0.1, -0.05) is 136 Å². The summed E-state index contributed by atoms with van der Waals surface area (Å²) in [5.74, 6) is -5.39. The van der Waals surface area contributed by atoms with Gasteiger partial charge in [-0.05, 0) is 49.7 Å². The normalized spacial score (nSPS) is 12.3. The molecule has 266 valence electrons. The minimum absolute atomic E-state index is 0.0571. The Morgan fingerprint density at radius 1 is 0.562 bits per heavy atom. The second kappa shape index (κ2) is 21.3. The van der Waals surface area contributed by atoms with Crippen molar-refractivity contribution < 1.29 is 38.1 Å². The van der Waals surface area contributed by atoms with Crippen molar-refractivity contribution >= 4 is 93.5 Å². The fourth-order valence-corrected chi connectivity index (χ4v) is 6.57. The van der Waals surface area contributed by atoms with E-state index in [1.807, 2.05) is 0 Å². The minimum Gasteiger partial charge on any atom is -0.462 e. The van der Waals surface area contributed by atoms with Crippen LogP contribution in [0.5, 0.6) is 11.5 Å². The summed E-state index contributed by atoms with van der Waals surface area (Å²) in [4.78, 5) is 52.1. The Morgan fingerprint density at radius 3 is 1.23 bits per heavy atom. The van der Waals surface area contributed by atoms with Crippen LogP contribution in [0.3, 0.4) is 0 Å². The van der Waals surface area contributed by atoms with E-state index in [1.165, 1.54) is 0 Å². The lowest BCUT2D eigenvalue weighted by Crippen LogP contribution is -2.27. The Labute approximate surface area is 311 Å². The van der Waals surface area contributed by atoms with E-state index >= 15 is 0 Å². The van der Waals surface area contributed by atoms with E-state index in [1.54, 1.807) is 0 Å². The molecule has 0 fully saturated rings. The number of carbonyl (C=O) groups excluding carboxylic acids is 4. The van der Waals surface area contributed by atoms with Gasteiger partial charge in [0.15, 0.2) is 11.5 Å². The van der Waals surface area contributed by atoms with Crippen LogP contribution in [0.25, 0.3) is 0 Å². The number of hydrogen-bond donors (Lipinski definition) is 0. The van der Waals surface area contributed by atoms with Gasteiger partial charge in [0.2, 0.25) is 0 Å². The first-order valence-electron chi connectivity index (χ1n) is 15.9. The van der Waals surface area contributed by atoms with Gasteiger partial charge in [-0.2, -0.15) is 0 Å². The molecule has 14 heteroatoms. The van der Waals surface area contributed by atoms with Crippen molar-refractivity contribution in [3.63, 3.8) is 0 Å². The maximum atomic E-state index is 13.1. The summed E-state index contributed by atoms with van der Waals surface area (Å²) >= 11 is 37.4. The van der Waals surface area contributed by atoms with Gasteiger partial charge >= 0.3 is 23.9 Å². The molecule has 0 radical (unpaired) electrons. The predicted molar refractivity (Wildman–Crippen MR) is 191 cm³/mol. The van der Waals surface area contributed by atoms with Crippen LogP contribution in [0.2, 0.25) is 30.1 Å². The monoisotopic (exact) mass is 786 g/mol. The van der Waals surface area contributed by atoms with Crippen LogP contribution in [0, 0.1) is 11.8 Å². The minimum atomic E-state index is -1.64. The van der Waals surface area contributed by atoms with E-state index < -0.39 is 46.5 Å². The van der Waals surface area contributed by atoms with Crippen molar-refractivity contribution in [1.29, 1.82) is 0 Å². The van der Waals surface area contributed by atoms with Crippen molar-refractivity contribution in [3.8, 4) is 11.5 Å². The maximum absolute atomic E-state index is 13.1. The Hall–Kier alpha value is -1.94. The van der Waals surface area contributed by atoms with Crippen LogP contribution in [-0.2, 0) is 19.1 Å². The summed E-state index contributed by atoms with van der Waals surface area (Å²) in [5, 5.41) is -1.48. The number of ether oxygens (including phenoxy) is 4. The van der Waals surface area contributed by atoms with Gasteiger partial charge in [-0.3, -0.25) is 0 Å². The molecule has 2 unspecified atom stereocenters. The summed E-state index contributed by atoms with van der Waals surface area (Å²) in [6.07, 6.45) is 9.10. The fraction of sp³-hybridized carbons (Fsp3) is 0.529. The maximum Gasteiger partial charge on any atom is 0.423 e. The van der Waals surface area contributed by atoms with Gasteiger partial charge in [0, 0.05) is 0 Å². The van der Waals surface area contributed by atoms with Gasteiger partial charge in [0.05, 0.1) is 43.3 Å². The van der Waals surface area contributed by atoms with Gasteiger partial charge < -0.3 is 18.9 Å². The first kappa shape index (κ1) is 42.2. The molecule has 8 nitrogen and oxygen atoms in total. The number of rotatable bonds is 18. The summed E-state index contributed by atoms with van der Waals surface area (Å²) in [5.41, 5.74) is -0.922. The summed E-state index contributed by atoms with van der Waals surface area (Å²) in [6, 6.07) is 2.25. The molecule has 2 aromatic carbocycles. The van der Waals surface area contributed by atoms with E-state index in [-0.39, 0.29) is 43.3 Å². The molecule has 2 aromatic rings. The Kier molecular flexibility index (Phi) is 18.8. The lowest BCUT2D eigenvalue weighted by atomic mass is 9.96. The summed E-state index contributed by atoms with van der Waals surface area (Å²) in [7, 11) is 0. The lowest BCUT2D eigenvalue weighted by molar-refractivity contribution is -0.156. The predicted octanol–water partition coefficient (Wildman–Crippen LogP) is 11.6. The van der Waals surface area contributed by atoms with E-state index in [2.05, 4.69) is 27.7 Å². The first-order chi connectivity index (χ1) is 22.8. The number of carbonyl (C=O) groups is 4. The third kappa shape index (κ3) is 12.1. The van der Waals surface area contributed by atoms with E-state index in [0.29, 0.717) is 24.7 Å². The largest absolute Gasteiger partial charge is 0.462 e.